The van der Waals surface area contributed by atoms with Crippen molar-refractivity contribution < 1.29 is 4.42 Å². The maximum atomic E-state index is 8.89. The van der Waals surface area contributed by atoms with E-state index in [-0.39, 0.29) is 6.04 Å². The second-order valence-electron chi connectivity index (χ2n) is 4.22. The Hall–Kier alpha value is -2.05. The van der Waals surface area contributed by atoms with Gasteiger partial charge in [-0.15, -0.1) is 0 Å². The monoisotopic (exact) mass is 240 g/mol. The molecule has 0 bridgehead atoms. The fourth-order valence-corrected chi connectivity index (χ4v) is 1.89. The van der Waals surface area contributed by atoms with Crippen LogP contribution in [0.2, 0.25) is 0 Å². The number of aryl methyl sites for hydroxylation is 1. The summed E-state index contributed by atoms with van der Waals surface area (Å²) in [4.78, 5) is 0. The van der Waals surface area contributed by atoms with Crippen LogP contribution in [0.1, 0.15) is 29.5 Å². The van der Waals surface area contributed by atoms with E-state index in [1.54, 1.807) is 0 Å². The van der Waals surface area contributed by atoms with E-state index < -0.39 is 0 Å². The Balaban J connectivity index is 2.01. The number of nitriles is 1. The van der Waals surface area contributed by atoms with Crippen molar-refractivity contribution in [1.82, 2.24) is 5.32 Å². The van der Waals surface area contributed by atoms with E-state index in [2.05, 4.69) is 11.4 Å². The van der Waals surface area contributed by atoms with E-state index in [4.69, 9.17) is 9.68 Å². The fraction of sp³-hybridized carbons (Fsp3) is 0.267. The molecular formula is C15H16N2O. The summed E-state index contributed by atoms with van der Waals surface area (Å²) >= 11 is 0. The molecule has 3 heteroatoms. The van der Waals surface area contributed by atoms with Gasteiger partial charge in [-0.1, -0.05) is 30.3 Å². The standard InChI is InChI=1S/C15H16N2O/c1-12-7-8-14(18-12)11-17-15(9-10-16)13-5-3-2-4-6-13/h2-8,15,17H,9,11H2,1H3. The van der Waals surface area contributed by atoms with Crippen LogP contribution in [-0.4, -0.2) is 0 Å². The number of nitrogens with zero attached hydrogens (tertiary/aromatic N) is 1. The van der Waals surface area contributed by atoms with Crippen molar-refractivity contribution in [3.8, 4) is 6.07 Å². The van der Waals surface area contributed by atoms with Crippen LogP contribution in [0.3, 0.4) is 0 Å². The molecule has 18 heavy (non-hydrogen) atoms. The Bertz CT molecular complexity index is 525. The topological polar surface area (TPSA) is 49.0 Å². The van der Waals surface area contributed by atoms with Crippen LogP contribution in [0.5, 0.6) is 0 Å². The average molecular weight is 240 g/mol. The third-order valence-corrected chi connectivity index (χ3v) is 2.82. The van der Waals surface area contributed by atoms with E-state index in [0.29, 0.717) is 13.0 Å². The minimum absolute atomic E-state index is 0.0432. The zero-order chi connectivity index (χ0) is 12.8. The average Bonchev–Trinajstić information content (AvgIpc) is 2.81. The normalized spacial score (nSPS) is 12.0. The molecule has 1 aromatic heterocycles. The van der Waals surface area contributed by atoms with Gasteiger partial charge in [-0.3, -0.25) is 0 Å². The number of hydrogen-bond donors (Lipinski definition) is 1. The number of furan rings is 1. The lowest BCUT2D eigenvalue weighted by atomic mass is 10.0. The van der Waals surface area contributed by atoms with Crippen molar-refractivity contribution in [2.24, 2.45) is 0 Å². The maximum absolute atomic E-state index is 8.89. The van der Waals surface area contributed by atoms with Gasteiger partial charge >= 0.3 is 0 Å². The Kier molecular flexibility index (Phi) is 4.16. The van der Waals surface area contributed by atoms with Crippen molar-refractivity contribution in [2.45, 2.75) is 25.9 Å². The molecule has 0 fully saturated rings. The van der Waals surface area contributed by atoms with Crippen molar-refractivity contribution in [1.29, 1.82) is 5.26 Å². The smallest absolute Gasteiger partial charge is 0.117 e. The molecular weight excluding hydrogens is 224 g/mol. The van der Waals surface area contributed by atoms with Crippen LogP contribution in [0.4, 0.5) is 0 Å². The molecule has 1 N–H and O–H groups in total. The first-order valence-electron chi connectivity index (χ1n) is 6.00. The summed E-state index contributed by atoms with van der Waals surface area (Å²) in [5.41, 5.74) is 1.13. The fourth-order valence-electron chi connectivity index (χ4n) is 1.89. The largest absolute Gasteiger partial charge is 0.465 e. The molecule has 1 atom stereocenters. The summed E-state index contributed by atoms with van der Waals surface area (Å²) in [6, 6.07) is 16.2. The molecule has 0 amide bonds. The molecule has 1 unspecified atom stereocenters. The molecule has 1 aromatic carbocycles. The first-order chi connectivity index (χ1) is 8.79. The molecule has 0 aliphatic carbocycles. The molecule has 3 nitrogen and oxygen atoms in total. The predicted molar refractivity (Wildman–Crippen MR) is 69.7 cm³/mol. The first-order valence-corrected chi connectivity index (χ1v) is 6.00. The van der Waals surface area contributed by atoms with Crippen LogP contribution in [0, 0.1) is 18.3 Å². The van der Waals surface area contributed by atoms with Crippen LogP contribution in [0.15, 0.2) is 46.9 Å². The van der Waals surface area contributed by atoms with Crippen LogP contribution < -0.4 is 5.32 Å². The molecule has 92 valence electrons. The first kappa shape index (κ1) is 12.4. The van der Waals surface area contributed by atoms with Gasteiger partial charge in [-0.05, 0) is 24.6 Å². The van der Waals surface area contributed by atoms with Gasteiger partial charge in [0.05, 0.1) is 19.0 Å². The highest BCUT2D eigenvalue weighted by atomic mass is 16.3. The lowest BCUT2D eigenvalue weighted by Crippen LogP contribution is -2.20. The maximum Gasteiger partial charge on any atom is 0.117 e. The van der Waals surface area contributed by atoms with Gasteiger partial charge in [0, 0.05) is 6.04 Å². The van der Waals surface area contributed by atoms with Crippen molar-refractivity contribution >= 4 is 0 Å². The Morgan fingerprint density at radius 3 is 2.61 bits per heavy atom. The molecule has 0 saturated heterocycles. The van der Waals surface area contributed by atoms with Crippen LogP contribution >= 0.6 is 0 Å². The summed E-state index contributed by atoms with van der Waals surface area (Å²) in [5, 5.41) is 12.2. The molecule has 0 radical (unpaired) electrons. The molecule has 0 aliphatic heterocycles. The van der Waals surface area contributed by atoms with Crippen LogP contribution in [0.25, 0.3) is 0 Å². The summed E-state index contributed by atoms with van der Waals surface area (Å²) in [7, 11) is 0. The van der Waals surface area contributed by atoms with E-state index >= 15 is 0 Å². The van der Waals surface area contributed by atoms with Gasteiger partial charge in [-0.25, -0.2) is 0 Å². The zero-order valence-electron chi connectivity index (χ0n) is 10.4. The van der Waals surface area contributed by atoms with E-state index in [9.17, 15) is 0 Å². The predicted octanol–water partition coefficient (Wildman–Crippen LogP) is 3.33. The van der Waals surface area contributed by atoms with E-state index in [1.807, 2.05) is 49.4 Å². The molecule has 0 aliphatic rings. The highest BCUT2D eigenvalue weighted by Gasteiger charge is 2.10. The minimum atomic E-state index is 0.0432. The van der Waals surface area contributed by atoms with Gasteiger partial charge in [-0.2, -0.15) is 5.26 Å². The van der Waals surface area contributed by atoms with E-state index in [0.717, 1.165) is 17.1 Å². The number of benzene rings is 1. The van der Waals surface area contributed by atoms with Crippen molar-refractivity contribution in [3.63, 3.8) is 0 Å². The van der Waals surface area contributed by atoms with Gasteiger partial charge in [0.25, 0.3) is 0 Å². The number of hydrogen-bond acceptors (Lipinski definition) is 3. The van der Waals surface area contributed by atoms with Crippen molar-refractivity contribution in [2.75, 3.05) is 0 Å². The van der Waals surface area contributed by atoms with Gasteiger partial charge < -0.3 is 9.73 Å². The zero-order valence-corrected chi connectivity index (χ0v) is 10.4. The second-order valence-corrected chi connectivity index (χ2v) is 4.22. The Labute approximate surface area is 107 Å². The molecule has 0 spiro atoms. The molecule has 2 rings (SSSR count). The summed E-state index contributed by atoms with van der Waals surface area (Å²) in [5.74, 6) is 1.80. The Morgan fingerprint density at radius 1 is 1.22 bits per heavy atom. The molecule has 0 saturated carbocycles. The molecule has 1 heterocycles. The third-order valence-electron chi connectivity index (χ3n) is 2.82. The Morgan fingerprint density at radius 2 is 2.00 bits per heavy atom. The minimum Gasteiger partial charge on any atom is -0.465 e. The lowest BCUT2D eigenvalue weighted by Gasteiger charge is -2.15. The molecule has 2 aromatic rings. The summed E-state index contributed by atoms with van der Waals surface area (Å²) in [6.45, 7) is 2.56. The number of nitrogens with one attached hydrogen (secondary N) is 1. The SMILES string of the molecule is Cc1ccc(CNC(CC#N)c2ccccc2)o1. The summed E-state index contributed by atoms with van der Waals surface area (Å²) in [6.07, 6.45) is 0.448. The second kappa shape index (κ2) is 6.04. The van der Waals surface area contributed by atoms with Gasteiger partial charge in [0.2, 0.25) is 0 Å². The lowest BCUT2D eigenvalue weighted by molar-refractivity contribution is 0.437. The van der Waals surface area contributed by atoms with E-state index in [1.165, 1.54) is 0 Å². The quantitative estimate of drug-likeness (QED) is 0.872. The van der Waals surface area contributed by atoms with Crippen LogP contribution in [-0.2, 0) is 6.54 Å². The third kappa shape index (κ3) is 3.22. The highest BCUT2D eigenvalue weighted by Crippen LogP contribution is 2.17. The van der Waals surface area contributed by atoms with Gasteiger partial charge in [0.15, 0.2) is 0 Å². The number of rotatable bonds is 5. The summed E-state index contributed by atoms with van der Waals surface area (Å²) < 4.78 is 5.50. The van der Waals surface area contributed by atoms with Gasteiger partial charge in [0.1, 0.15) is 11.5 Å². The van der Waals surface area contributed by atoms with Crippen molar-refractivity contribution in [3.05, 3.63) is 59.5 Å². The highest BCUT2D eigenvalue weighted by molar-refractivity contribution is 5.20.